The molecule has 31 heavy (non-hydrogen) atoms. The Morgan fingerprint density at radius 1 is 1.35 bits per heavy atom. The third-order valence-corrected chi connectivity index (χ3v) is 5.55. The van der Waals surface area contributed by atoms with Crippen LogP contribution in [0.5, 0.6) is 11.5 Å². The molecule has 1 aliphatic rings. The molecule has 1 aromatic heterocycles. The number of methoxy groups -OCH3 is 1. The van der Waals surface area contributed by atoms with Crippen LogP contribution in [0.1, 0.15) is 24.1 Å². The molecule has 0 saturated heterocycles. The second kappa shape index (κ2) is 8.38. The van der Waals surface area contributed by atoms with Crippen LogP contribution in [0.15, 0.2) is 58.5 Å². The van der Waals surface area contributed by atoms with Gasteiger partial charge in [0.05, 0.1) is 17.2 Å². The fourth-order valence-corrected chi connectivity index (χ4v) is 4.10. The van der Waals surface area contributed by atoms with Gasteiger partial charge in [-0.1, -0.05) is 18.2 Å². The molecule has 0 saturated carbocycles. The molecule has 10 heteroatoms. The highest BCUT2D eigenvalue weighted by Crippen LogP contribution is 2.42. The summed E-state index contributed by atoms with van der Waals surface area (Å²) in [6, 6.07) is 9.30. The third-order valence-electron chi connectivity index (χ3n) is 4.96. The molecule has 160 valence electrons. The van der Waals surface area contributed by atoms with Gasteiger partial charge in [0, 0.05) is 11.3 Å². The molecular weight excluding hydrogens is 469 g/mol. The second-order valence-corrected chi connectivity index (χ2v) is 7.73. The highest BCUT2D eigenvalue weighted by molar-refractivity contribution is 9.10. The zero-order chi connectivity index (χ0) is 22.1. The largest absolute Gasteiger partial charge is 0.493 e. The average Bonchev–Trinajstić information content (AvgIpc) is 3.20. The summed E-state index contributed by atoms with van der Waals surface area (Å²) in [5.74, 6) is 0.369. The van der Waals surface area contributed by atoms with Crippen molar-refractivity contribution in [1.82, 2.24) is 14.8 Å². The van der Waals surface area contributed by atoms with Gasteiger partial charge >= 0.3 is 0 Å². The Hall–Kier alpha value is -3.40. The van der Waals surface area contributed by atoms with Gasteiger partial charge in [0.25, 0.3) is 0 Å². The number of rotatable bonds is 6. The Morgan fingerprint density at radius 3 is 2.84 bits per heavy atom. The summed E-state index contributed by atoms with van der Waals surface area (Å²) in [6.45, 7) is 1.77. The fourth-order valence-electron chi connectivity index (χ4n) is 3.52. The highest BCUT2D eigenvalue weighted by Gasteiger charge is 2.33. The molecular formula is C21H19BrFN5O3. The van der Waals surface area contributed by atoms with Gasteiger partial charge in [-0.15, -0.1) is 0 Å². The normalized spacial score (nSPS) is 15.3. The molecule has 4 rings (SSSR count). The quantitative estimate of drug-likeness (QED) is 0.550. The molecule has 2 aromatic carbocycles. The zero-order valence-corrected chi connectivity index (χ0v) is 18.3. The van der Waals surface area contributed by atoms with E-state index in [1.807, 2.05) is 0 Å². The van der Waals surface area contributed by atoms with Gasteiger partial charge in [0.2, 0.25) is 11.9 Å². The first kappa shape index (κ1) is 20.9. The Kier molecular flexibility index (Phi) is 5.64. The Morgan fingerprint density at radius 2 is 2.13 bits per heavy atom. The third kappa shape index (κ3) is 3.86. The van der Waals surface area contributed by atoms with Gasteiger partial charge in [0.1, 0.15) is 24.8 Å². The van der Waals surface area contributed by atoms with Crippen molar-refractivity contribution in [2.45, 2.75) is 19.6 Å². The lowest BCUT2D eigenvalue weighted by Gasteiger charge is -2.28. The maximum atomic E-state index is 14.0. The number of primary amides is 1. The molecule has 1 aliphatic heterocycles. The number of ether oxygens (including phenoxy) is 2. The van der Waals surface area contributed by atoms with Crippen LogP contribution in [0.4, 0.5) is 10.3 Å². The predicted molar refractivity (Wildman–Crippen MR) is 115 cm³/mol. The van der Waals surface area contributed by atoms with E-state index in [1.165, 1.54) is 19.5 Å². The van der Waals surface area contributed by atoms with Gasteiger partial charge in [-0.3, -0.25) is 4.79 Å². The predicted octanol–water partition coefficient (Wildman–Crippen LogP) is 3.54. The zero-order valence-electron chi connectivity index (χ0n) is 16.7. The van der Waals surface area contributed by atoms with Crippen molar-refractivity contribution in [2.75, 3.05) is 12.4 Å². The number of carbonyl (C=O) groups is 1. The van der Waals surface area contributed by atoms with E-state index in [1.54, 1.807) is 41.9 Å². The lowest BCUT2D eigenvalue weighted by atomic mass is 9.95. The standard InChI is InChI=1S/C21H19BrFN5O3/c1-11-17(20(24)29)18(28-21(27-11)25-10-26-28)13-7-14(22)19(16(8-13)30-2)31-9-12-5-3-4-6-15(12)23/h3-8,10,18H,9H2,1-2H3,(H2,24,29)(H,25,26,27). The molecule has 1 atom stereocenters. The minimum atomic E-state index is -0.609. The SMILES string of the molecule is COc1cc(C2C(C(N)=O)=C(C)Nc3ncnn32)cc(Br)c1OCc1ccccc1F. The molecule has 0 bridgehead atoms. The Labute approximate surface area is 186 Å². The van der Waals surface area contributed by atoms with Crippen LogP contribution in [0.25, 0.3) is 0 Å². The van der Waals surface area contributed by atoms with E-state index in [9.17, 15) is 9.18 Å². The number of allylic oxidation sites excluding steroid dienone is 1. The summed E-state index contributed by atoms with van der Waals surface area (Å²) in [5, 5.41) is 7.28. The van der Waals surface area contributed by atoms with Gasteiger partial charge in [-0.2, -0.15) is 10.1 Å². The number of benzene rings is 2. The molecule has 1 unspecified atom stereocenters. The van der Waals surface area contributed by atoms with E-state index >= 15 is 0 Å². The lowest BCUT2D eigenvalue weighted by Crippen LogP contribution is -2.31. The number of anilines is 1. The summed E-state index contributed by atoms with van der Waals surface area (Å²) >= 11 is 3.51. The minimum Gasteiger partial charge on any atom is -0.493 e. The molecule has 0 aliphatic carbocycles. The van der Waals surface area contributed by atoms with Crippen molar-refractivity contribution in [1.29, 1.82) is 0 Å². The number of nitrogens with two attached hydrogens (primary N) is 1. The molecule has 0 fully saturated rings. The van der Waals surface area contributed by atoms with Crippen molar-refractivity contribution in [3.8, 4) is 11.5 Å². The number of nitrogens with zero attached hydrogens (tertiary/aromatic N) is 3. The molecule has 1 amide bonds. The number of amides is 1. The highest BCUT2D eigenvalue weighted by atomic mass is 79.9. The van der Waals surface area contributed by atoms with Crippen molar-refractivity contribution in [3.05, 3.63) is 75.4 Å². The fraction of sp³-hybridized carbons (Fsp3) is 0.190. The van der Waals surface area contributed by atoms with Crippen LogP contribution in [-0.4, -0.2) is 27.8 Å². The molecule has 3 aromatic rings. The molecule has 0 radical (unpaired) electrons. The summed E-state index contributed by atoms with van der Waals surface area (Å²) < 4.78 is 27.5. The molecule has 3 N–H and O–H groups in total. The van der Waals surface area contributed by atoms with Gasteiger partial charge < -0.3 is 20.5 Å². The summed E-state index contributed by atoms with van der Waals surface area (Å²) in [4.78, 5) is 16.4. The molecule has 0 spiro atoms. The molecule has 2 heterocycles. The smallest absolute Gasteiger partial charge is 0.248 e. The molecule has 8 nitrogen and oxygen atoms in total. The number of halogens is 2. The van der Waals surface area contributed by atoms with E-state index < -0.39 is 11.9 Å². The van der Waals surface area contributed by atoms with Gasteiger partial charge in [-0.25, -0.2) is 9.07 Å². The van der Waals surface area contributed by atoms with Crippen molar-refractivity contribution >= 4 is 27.8 Å². The van der Waals surface area contributed by atoms with Crippen LogP contribution in [0.2, 0.25) is 0 Å². The van der Waals surface area contributed by atoms with Gasteiger partial charge in [0.15, 0.2) is 11.5 Å². The average molecular weight is 488 g/mol. The first-order valence-corrected chi connectivity index (χ1v) is 10.1. The van der Waals surface area contributed by atoms with Crippen LogP contribution in [-0.2, 0) is 11.4 Å². The number of hydrogen-bond donors (Lipinski definition) is 2. The first-order valence-electron chi connectivity index (χ1n) is 9.31. The number of carbonyl (C=O) groups excluding carboxylic acids is 1. The van der Waals surface area contributed by atoms with Crippen LogP contribution >= 0.6 is 15.9 Å². The number of hydrogen-bond acceptors (Lipinski definition) is 6. The maximum Gasteiger partial charge on any atom is 0.248 e. The monoisotopic (exact) mass is 487 g/mol. The van der Waals surface area contributed by atoms with Crippen LogP contribution in [0.3, 0.4) is 0 Å². The summed E-state index contributed by atoms with van der Waals surface area (Å²) in [5.41, 5.74) is 7.72. The van der Waals surface area contributed by atoms with Crippen molar-refractivity contribution in [2.24, 2.45) is 5.73 Å². The van der Waals surface area contributed by atoms with Crippen molar-refractivity contribution < 1.29 is 18.7 Å². The van der Waals surface area contributed by atoms with E-state index in [0.29, 0.717) is 44.3 Å². The Balaban J connectivity index is 1.74. The number of aromatic nitrogens is 3. The van der Waals surface area contributed by atoms with E-state index in [4.69, 9.17) is 15.2 Å². The first-order chi connectivity index (χ1) is 14.9. The topological polar surface area (TPSA) is 104 Å². The van der Waals surface area contributed by atoms with Gasteiger partial charge in [-0.05, 0) is 46.6 Å². The van der Waals surface area contributed by atoms with E-state index in [-0.39, 0.29) is 12.4 Å². The summed E-state index contributed by atoms with van der Waals surface area (Å²) in [6.07, 6.45) is 1.39. The van der Waals surface area contributed by atoms with Crippen molar-refractivity contribution in [3.63, 3.8) is 0 Å². The number of fused-ring (bicyclic) bond motifs is 1. The number of nitrogens with one attached hydrogen (secondary N) is 1. The minimum absolute atomic E-state index is 0.0209. The van der Waals surface area contributed by atoms with Crippen LogP contribution in [0, 0.1) is 5.82 Å². The lowest BCUT2D eigenvalue weighted by molar-refractivity contribution is -0.115. The summed E-state index contributed by atoms with van der Waals surface area (Å²) in [7, 11) is 1.50. The second-order valence-electron chi connectivity index (χ2n) is 6.87. The van der Waals surface area contributed by atoms with E-state index in [2.05, 4.69) is 31.3 Å². The van der Waals surface area contributed by atoms with E-state index in [0.717, 1.165) is 0 Å². The van der Waals surface area contributed by atoms with Crippen LogP contribution < -0.4 is 20.5 Å². The maximum absolute atomic E-state index is 14.0. The Bertz CT molecular complexity index is 1190.